The molecule has 33 heavy (non-hydrogen) atoms. The van der Waals surface area contributed by atoms with Gasteiger partial charge in [-0.3, -0.25) is 9.59 Å². The summed E-state index contributed by atoms with van der Waals surface area (Å²) in [5.74, 6) is -0.633. The summed E-state index contributed by atoms with van der Waals surface area (Å²) in [5, 5.41) is 0. The van der Waals surface area contributed by atoms with E-state index in [0.29, 0.717) is 12.8 Å². The molecule has 1 aliphatic rings. The van der Waals surface area contributed by atoms with Gasteiger partial charge in [-0.05, 0) is 30.5 Å². The van der Waals surface area contributed by atoms with E-state index in [1.54, 1.807) is 12.2 Å². The third-order valence-corrected chi connectivity index (χ3v) is 5.96. The lowest BCUT2D eigenvalue weighted by Crippen LogP contribution is -2.29. The lowest BCUT2D eigenvalue weighted by molar-refractivity contribution is -0.142. The van der Waals surface area contributed by atoms with Gasteiger partial charge in [-0.15, -0.1) is 0 Å². The van der Waals surface area contributed by atoms with E-state index >= 15 is 0 Å². The van der Waals surface area contributed by atoms with Crippen LogP contribution in [0.25, 0.3) is 22.3 Å². The van der Waals surface area contributed by atoms with Crippen LogP contribution in [0.15, 0.2) is 73.8 Å². The number of hydrogen-bond acceptors (Lipinski definition) is 6. The van der Waals surface area contributed by atoms with E-state index in [-0.39, 0.29) is 38.0 Å². The Morgan fingerprint density at radius 1 is 0.818 bits per heavy atom. The molecule has 0 aliphatic heterocycles. The molecule has 0 bridgehead atoms. The molecule has 0 amide bonds. The van der Waals surface area contributed by atoms with Crippen molar-refractivity contribution in [3.8, 4) is 11.3 Å². The van der Waals surface area contributed by atoms with Crippen molar-refractivity contribution >= 4 is 23.0 Å². The van der Waals surface area contributed by atoms with E-state index in [1.807, 2.05) is 48.5 Å². The van der Waals surface area contributed by atoms with Gasteiger partial charge in [0, 0.05) is 23.8 Å². The maximum Gasteiger partial charge on any atom is 0.306 e. The molecule has 3 aromatic rings. The zero-order chi connectivity index (χ0) is 23.3. The topological polar surface area (TPSA) is 78.4 Å². The predicted molar refractivity (Wildman–Crippen MR) is 127 cm³/mol. The Hall–Kier alpha value is -3.80. The number of benzene rings is 2. The van der Waals surface area contributed by atoms with Crippen LogP contribution in [0.1, 0.15) is 36.9 Å². The van der Waals surface area contributed by atoms with Crippen molar-refractivity contribution in [2.24, 2.45) is 0 Å². The van der Waals surface area contributed by atoms with Crippen molar-refractivity contribution in [2.45, 2.75) is 31.1 Å². The Bertz CT molecular complexity index is 1190. The largest absolute Gasteiger partial charge is 0.461 e. The first kappa shape index (κ1) is 22.4. The van der Waals surface area contributed by atoms with Crippen molar-refractivity contribution in [1.82, 2.24) is 9.97 Å². The molecule has 6 nitrogen and oxygen atoms in total. The molecule has 6 heteroatoms. The van der Waals surface area contributed by atoms with Gasteiger partial charge in [0.1, 0.15) is 13.2 Å². The molecule has 0 atom stereocenters. The highest BCUT2D eigenvalue weighted by atomic mass is 16.5. The summed E-state index contributed by atoms with van der Waals surface area (Å²) in [6.07, 6.45) is 4.32. The Morgan fingerprint density at radius 3 is 1.97 bits per heavy atom. The summed E-state index contributed by atoms with van der Waals surface area (Å²) in [6.45, 7) is 7.51. The summed E-state index contributed by atoms with van der Waals surface area (Å²) >= 11 is 0. The predicted octanol–water partition coefficient (Wildman–Crippen LogP) is 4.92. The molecule has 1 aliphatic carbocycles. The minimum atomic E-state index is -0.663. The molecular weight excluding hydrogens is 416 g/mol. The molecular formula is C27H26N2O4. The van der Waals surface area contributed by atoms with Gasteiger partial charge in [-0.25, -0.2) is 9.97 Å². The summed E-state index contributed by atoms with van der Waals surface area (Å²) < 4.78 is 10.5. The highest BCUT2D eigenvalue weighted by Gasteiger charge is 2.46. The lowest BCUT2D eigenvalue weighted by atomic mass is 9.73. The number of esters is 2. The van der Waals surface area contributed by atoms with Crippen molar-refractivity contribution in [1.29, 1.82) is 0 Å². The monoisotopic (exact) mass is 442 g/mol. The van der Waals surface area contributed by atoms with Gasteiger partial charge in [0.25, 0.3) is 0 Å². The molecule has 0 spiro atoms. The van der Waals surface area contributed by atoms with Gasteiger partial charge in [-0.2, -0.15) is 0 Å². The Kier molecular flexibility index (Phi) is 6.63. The first-order chi connectivity index (χ1) is 16.1. The summed E-state index contributed by atoms with van der Waals surface area (Å²) in [4.78, 5) is 34.7. The average molecular weight is 443 g/mol. The third kappa shape index (κ3) is 4.42. The van der Waals surface area contributed by atoms with Crippen LogP contribution >= 0.6 is 0 Å². The van der Waals surface area contributed by atoms with Crippen LogP contribution in [0.5, 0.6) is 0 Å². The number of rotatable bonds is 10. The molecule has 0 saturated heterocycles. The number of ether oxygens (including phenoxy) is 2. The van der Waals surface area contributed by atoms with Crippen molar-refractivity contribution in [3.05, 3.63) is 85.1 Å². The van der Waals surface area contributed by atoms with Gasteiger partial charge >= 0.3 is 11.9 Å². The standard InChI is InChI=1S/C27H26N2O4/c1-3-17-32-23(30)13-15-27(16-14-24(31)33-18-4-2)20-10-6-5-9-19(20)25-26(27)29-22-12-8-7-11-21(22)28-25/h3-12H,1-2,13-18H2. The van der Waals surface area contributed by atoms with Gasteiger partial charge in [-0.1, -0.05) is 61.7 Å². The van der Waals surface area contributed by atoms with Gasteiger partial charge in [0.15, 0.2) is 0 Å². The van der Waals surface area contributed by atoms with Crippen LogP contribution in [-0.2, 0) is 24.5 Å². The second-order valence-corrected chi connectivity index (χ2v) is 7.98. The molecule has 0 unspecified atom stereocenters. The molecule has 1 heterocycles. The van der Waals surface area contributed by atoms with Crippen LogP contribution in [0.3, 0.4) is 0 Å². The van der Waals surface area contributed by atoms with E-state index in [1.165, 1.54) is 0 Å². The molecule has 2 aromatic carbocycles. The van der Waals surface area contributed by atoms with Crippen molar-refractivity contribution < 1.29 is 19.1 Å². The Morgan fingerprint density at radius 2 is 1.36 bits per heavy atom. The van der Waals surface area contributed by atoms with E-state index in [2.05, 4.69) is 13.2 Å². The smallest absolute Gasteiger partial charge is 0.306 e. The van der Waals surface area contributed by atoms with Crippen LogP contribution in [-0.4, -0.2) is 35.1 Å². The quantitative estimate of drug-likeness (QED) is 0.328. The number of nitrogens with zero attached hydrogens (tertiary/aromatic N) is 2. The summed E-state index contributed by atoms with van der Waals surface area (Å²) in [5.41, 5.74) is 4.49. The number of para-hydroxylation sites is 2. The van der Waals surface area contributed by atoms with E-state index in [9.17, 15) is 9.59 Å². The van der Waals surface area contributed by atoms with E-state index in [0.717, 1.165) is 33.5 Å². The molecule has 0 fully saturated rings. The number of hydrogen-bond donors (Lipinski definition) is 0. The number of aromatic nitrogens is 2. The number of carbonyl (C=O) groups is 2. The maximum absolute atomic E-state index is 12.4. The zero-order valence-electron chi connectivity index (χ0n) is 18.5. The fourth-order valence-electron chi connectivity index (χ4n) is 4.47. The minimum absolute atomic E-state index is 0.164. The normalized spacial score (nSPS) is 13.1. The summed E-state index contributed by atoms with van der Waals surface area (Å²) in [7, 11) is 0. The highest BCUT2D eigenvalue weighted by molar-refractivity contribution is 5.84. The first-order valence-electron chi connectivity index (χ1n) is 11.0. The van der Waals surface area contributed by atoms with E-state index < -0.39 is 5.41 Å². The van der Waals surface area contributed by atoms with Gasteiger partial charge in [0.05, 0.1) is 22.4 Å². The summed E-state index contributed by atoms with van der Waals surface area (Å²) in [6, 6.07) is 15.7. The molecule has 1 aromatic heterocycles. The number of fused-ring (bicyclic) bond motifs is 4. The zero-order valence-corrected chi connectivity index (χ0v) is 18.5. The molecule has 168 valence electrons. The lowest BCUT2D eigenvalue weighted by Gasteiger charge is -2.30. The van der Waals surface area contributed by atoms with E-state index in [4.69, 9.17) is 19.4 Å². The second-order valence-electron chi connectivity index (χ2n) is 7.98. The molecule has 0 N–H and O–H groups in total. The highest BCUT2D eigenvalue weighted by Crippen LogP contribution is 2.52. The van der Waals surface area contributed by atoms with Crippen molar-refractivity contribution in [3.63, 3.8) is 0 Å². The van der Waals surface area contributed by atoms with Crippen LogP contribution in [0, 0.1) is 0 Å². The number of carbonyl (C=O) groups excluding carboxylic acids is 2. The fraction of sp³-hybridized carbons (Fsp3) is 0.259. The Labute approximate surface area is 193 Å². The second kappa shape index (κ2) is 9.77. The van der Waals surface area contributed by atoms with Crippen LogP contribution < -0.4 is 0 Å². The third-order valence-electron chi connectivity index (χ3n) is 5.96. The maximum atomic E-state index is 12.4. The molecule has 4 rings (SSSR count). The average Bonchev–Trinajstić information content (AvgIpc) is 3.11. The minimum Gasteiger partial charge on any atom is -0.461 e. The fourth-order valence-corrected chi connectivity index (χ4v) is 4.47. The van der Waals surface area contributed by atoms with Gasteiger partial charge < -0.3 is 9.47 Å². The van der Waals surface area contributed by atoms with Crippen LogP contribution in [0.4, 0.5) is 0 Å². The van der Waals surface area contributed by atoms with Crippen LogP contribution in [0.2, 0.25) is 0 Å². The molecule has 0 radical (unpaired) electrons. The molecule has 0 saturated carbocycles. The van der Waals surface area contributed by atoms with Gasteiger partial charge in [0.2, 0.25) is 0 Å². The first-order valence-corrected chi connectivity index (χ1v) is 11.0. The Balaban J connectivity index is 1.79. The van der Waals surface area contributed by atoms with Crippen molar-refractivity contribution in [2.75, 3.05) is 13.2 Å². The SMILES string of the molecule is C=CCOC(=O)CCC1(CCC(=O)OCC=C)c2ccccc2-c2nc3ccccc3nc21.